The molecule has 2 heterocycles. The molecule has 0 spiro atoms. The summed E-state index contributed by atoms with van der Waals surface area (Å²) in [7, 11) is 0. The normalized spacial score (nSPS) is 11.9. The summed E-state index contributed by atoms with van der Waals surface area (Å²) in [4.78, 5) is 15.4. The van der Waals surface area contributed by atoms with E-state index in [0.29, 0.717) is 17.0 Å². The van der Waals surface area contributed by atoms with Crippen LogP contribution in [0.1, 0.15) is 5.56 Å². The molecule has 2 aromatic carbocycles. The molecule has 28 heavy (non-hydrogen) atoms. The number of hydrogen-bond donors (Lipinski definition) is 1. The third-order valence-electron chi connectivity index (χ3n) is 4.29. The fraction of sp³-hybridized carbons (Fsp3) is 0.0526. The molecule has 1 aromatic heterocycles. The van der Waals surface area contributed by atoms with Crippen LogP contribution in [-0.4, -0.2) is 16.7 Å². The Morgan fingerprint density at radius 2 is 1.86 bits per heavy atom. The molecule has 0 aliphatic carbocycles. The van der Waals surface area contributed by atoms with Gasteiger partial charge in [-0.2, -0.15) is 5.26 Å². The molecule has 138 valence electrons. The Bertz CT molecular complexity index is 1170. The zero-order valence-corrected chi connectivity index (χ0v) is 15.8. The Kier molecular flexibility index (Phi) is 4.33. The molecule has 4 rings (SSSR count). The molecule has 0 amide bonds. The molecular formula is C19H11BrN4O4. The lowest BCUT2D eigenvalue weighted by Crippen LogP contribution is -2.01. The SMILES string of the molecule is N#Cc1c(-c2cc3c(cc2[N+](=O)[O-])OCO3)cc(-c2ccccc2Br)nc1N. The van der Waals surface area contributed by atoms with Crippen LogP contribution in [0.3, 0.4) is 0 Å². The van der Waals surface area contributed by atoms with Crippen LogP contribution in [0.4, 0.5) is 11.5 Å². The highest BCUT2D eigenvalue weighted by molar-refractivity contribution is 9.10. The topological polar surface area (TPSA) is 124 Å². The van der Waals surface area contributed by atoms with Gasteiger partial charge in [0.1, 0.15) is 17.5 Å². The highest BCUT2D eigenvalue weighted by Crippen LogP contribution is 2.44. The molecule has 0 unspecified atom stereocenters. The smallest absolute Gasteiger partial charge is 0.281 e. The zero-order valence-electron chi connectivity index (χ0n) is 14.2. The monoisotopic (exact) mass is 438 g/mol. The number of benzene rings is 2. The fourth-order valence-electron chi connectivity index (χ4n) is 3.00. The van der Waals surface area contributed by atoms with Gasteiger partial charge in [-0.15, -0.1) is 0 Å². The van der Waals surface area contributed by atoms with Gasteiger partial charge in [-0.25, -0.2) is 4.98 Å². The molecule has 1 aliphatic heterocycles. The van der Waals surface area contributed by atoms with Crippen molar-refractivity contribution in [2.75, 3.05) is 12.5 Å². The minimum absolute atomic E-state index is 0.0160. The van der Waals surface area contributed by atoms with E-state index in [1.165, 1.54) is 12.1 Å². The van der Waals surface area contributed by atoms with E-state index in [2.05, 4.69) is 20.9 Å². The zero-order chi connectivity index (χ0) is 19.8. The first-order valence-corrected chi connectivity index (χ1v) is 8.83. The Balaban J connectivity index is 2.02. The van der Waals surface area contributed by atoms with Gasteiger partial charge < -0.3 is 15.2 Å². The number of fused-ring (bicyclic) bond motifs is 1. The van der Waals surface area contributed by atoms with Crippen LogP contribution in [0.25, 0.3) is 22.4 Å². The molecule has 0 bridgehead atoms. The van der Waals surface area contributed by atoms with E-state index in [1.54, 1.807) is 6.07 Å². The fourth-order valence-corrected chi connectivity index (χ4v) is 3.49. The number of ether oxygens (including phenoxy) is 2. The highest BCUT2D eigenvalue weighted by atomic mass is 79.9. The molecule has 0 saturated heterocycles. The van der Waals surface area contributed by atoms with E-state index < -0.39 is 4.92 Å². The van der Waals surface area contributed by atoms with Gasteiger partial charge in [-0.3, -0.25) is 10.1 Å². The quantitative estimate of drug-likeness (QED) is 0.477. The summed E-state index contributed by atoms with van der Waals surface area (Å²) in [6.07, 6.45) is 0. The van der Waals surface area contributed by atoms with Crippen molar-refractivity contribution in [3.8, 4) is 40.0 Å². The van der Waals surface area contributed by atoms with Gasteiger partial charge in [-0.05, 0) is 18.2 Å². The lowest BCUT2D eigenvalue weighted by Gasteiger charge is -2.12. The summed E-state index contributed by atoms with van der Waals surface area (Å²) in [6.45, 7) is -0.0260. The first-order chi connectivity index (χ1) is 13.5. The number of pyridine rings is 1. The van der Waals surface area contributed by atoms with Crippen LogP contribution in [-0.2, 0) is 0 Å². The van der Waals surface area contributed by atoms with Gasteiger partial charge in [0, 0.05) is 15.6 Å². The number of nitrogens with zero attached hydrogens (tertiary/aromatic N) is 3. The van der Waals surface area contributed by atoms with Crippen molar-refractivity contribution >= 4 is 27.4 Å². The van der Waals surface area contributed by atoms with Gasteiger partial charge in [0.05, 0.1) is 22.2 Å². The van der Waals surface area contributed by atoms with Crippen molar-refractivity contribution in [1.29, 1.82) is 5.26 Å². The van der Waals surface area contributed by atoms with Gasteiger partial charge >= 0.3 is 0 Å². The van der Waals surface area contributed by atoms with Crippen LogP contribution in [0.2, 0.25) is 0 Å². The molecule has 1 aliphatic rings. The first-order valence-electron chi connectivity index (χ1n) is 8.03. The predicted molar refractivity (Wildman–Crippen MR) is 105 cm³/mol. The number of nitro benzene ring substituents is 1. The van der Waals surface area contributed by atoms with Crippen molar-refractivity contribution in [3.63, 3.8) is 0 Å². The Hall–Kier alpha value is -3.64. The summed E-state index contributed by atoms with van der Waals surface area (Å²) < 4.78 is 11.4. The minimum atomic E-state index is -0.535. The largest absolute Gasteiger partial charge is 0.454 e. The van der Waals surface area contributed by atoms with Crippen molar-refractivity contribution in [1.82, 2.24) is 4.98 Å². The summed E-state index contributed by atoms with van der Waals surface area (Å²) in [5.41, 5.74) is 7.57. The molecule has 0 saturated carbocycles. The third-order valence-corrected chi connectivity index (χ3v) is 4.98. The number of nitrogens with two attached hydrogens (primary N) is 1. The summed E-state index contributed by atoms with van der Waals surface area (Å²) in [6, 6.07) is 13.7. The maximum Gasteiger partial charge on any atom is 0.281 e. The van der Waals surface area contributed by atoms with Crippen LogP contribution < -0.4 is 15.2 Å². The van der Waals surface area contributed by atoms with Crippen LogP contribution in [0.15, 0.2) is 46.9 Å². The molecule has 0 radical (unpaired) electrons. The first kappa shape index (κ1) is 17.8. The number of hydrogen-bond acceptors (Lipinski definition) is 7. The van der Waals surface area contributed by atoms with Gasteiger partial charge in [0.15, 0.2) is 11.5 Å². The average Bonchev–Trinajstić information content (AvgIpc) is 3.14. The van der Waals surface area contributed by atoms with Crippen LogP contribution in [0, 0.1) is 21.4 Å². The lowest BCUT2D eigenvalue weighted by molar-refractivity contribution is -0.384. The van der Waals surface area contributed by atoms with Crippen molar-refractivity contribution in [2.24, 2.45) is 0 Å². The molecule has 0 atom stereocenters. The molecule has 9 heteroatoms. The van der Waals surface area contributed by atoms with E-state index >= 15 is 0 Å². The summed E-state index contributed by atoms with van der Waals surface area (Å²) >= 11 is 3.46. The number of anilines is 1. The number of halogens is 1. The van der Waals surface area contributed by atoms with Gasteiger partial charge in [-0.1, -0.05) is 34.1 Å². The second-order valence-electron chi connectivity index (χ2n) is 5.89. The molecule has 0 fully saturated rings. The van der Waals surface area contributed by atoms with E-state index in [0.717, 1.165) is 10.0 Å². The van der Waals surface area contributed by atoms with Crippen LogP contribution in [0.5, 0.6) is 11.5 Å². The lowest BCUT2D eigenvalue weighted by atomic mass is 9.96. The second-order valence-corrected chi connectivity index (χ2v) is 6.74. The maximum atomic E-state index is 11.7. The minimum Gasteiger partial charge on any atom is -0.454 e. The second kappa shape index (κ2) is 6.83. The maximum absolute atomic E-state index is 11.7. The standard InChI is InChI=1S/C19H11BrN4O4/c20-14-4-2-1-3-10(14)15-5-11(13(8-21)19(22)23-15)12-6-17-18(28-9-27-17)7-16(12)24(25)26/h1-7H,9H2,(H2,22,23). The van der Waals surface area contributed by atoms with E-state index in [1.807, 2.05) is 30.3 Å². The number of rotatable bonds is 3. The van der Waals surface area contributed by atoms with Crippen molar-refractivity contribution in [3.05, 3.63) is 62.6 Å². The highest BCUT2D eigenvalue weighted by Gasteiger charge is 2.27. The number of nitriles is 1. The molecule has 3 aromatic rings. The third kappa shape index (κ3) is 2.90. The predicted octanol–water partition coefficient (Wildman–Crippen LogP) is 4.27. The van der Waals surface area contributed by atoms with E-state index in [9.17, 15) is 15.4 Å². The molecule has 8 nitrogen and oxygen atoms in total. The number of nitro groups is 1. The van der Waals surface area contributed by atoms with Gasteiger partial charge in [0.2, 0.25) is 6.79 Å². The summed E-state index contributed by atoms with van der Waals surface area (Å²) in [5, 5.41) is 21.3. The Morgan fingerprint density at radius 1 is 1.14 bits per heavy atom. The van der Waals surface area contributed by atoms with Gasteiger partial charge in [0.25, 0.3) is 5.69 Å². The number of aromatic nitrogens is 1. The Labute approximate surface area is 167 Å². The summed E-state index contributed by atoms with van der Waals surface area (Å²) in [5.74, 6) is 0.627. The average molecular weight is 439 g/mol. The van der Waals surface area contributed by atoms with Crippen molar-refractivity contribution in [2.45, 2.75) is 0 Å². The Morgan fingerprint density at radius 3 is 2.54 bits per heavy atom. The van der Waals surface area contributed by atoms with E-state index in [4.69, 9.17) is 15.2 Å². The molecular weight excluding hydrogens is 428 g/mol. The van der Waals surface area contributed by atoms with Crippen molar-refractivity contribution < 1.29 is 14.4 Å². The van der Waals surface area contributed by atoms with Crippen LogP contribution >= 0.6 is 15.9 Å². The molecule has 2 N–H and O–H groups in total. The number of nitrogen functional groups attached to an aromatic ring is 1. The van der Waals surface area contributed by atoms with E-state index in [-0.39, 0.29) is 35.2 Å².